The molecule has 2 aromatic heterocycles. The highest BCUT2D eigenvalue weighted by Gasteiger charge is 2.30. The van der Waals surface area contributed by atoms with E-state index < -0.39 is 0 Å². The highest BCUT2D eigenvalue weighted by molar-refractivity contribution is 5.84. The van der Waals surface area contributed by atoms with Gasteiger partial charge in [0.15, 0.2) is 17.3 Å². The molecule has 3 heterocycles. The summed E-state index contributed by atoms with van der Waals surface area (Å²) in [5.74, 6) is 2.79. The normalized spacial score (nSPS) is 12.4. The van der Waals surface area contributed by atoms with Gasteiger partial charge in [-0.1, -0.05) is 17.7 Å². The molecule has 3 aromatic rings. The summed E-state index contributed by atoms with van der Waals surface area (Å²) < 4.78 is 5.93. The molecule has 0 bridgehead atoms. The number of fused-ring (bicyclic) bond motifs is 2. The number of aromatic nitrogens is 3. The first-order chi connectivity index (χ1) is 11.1. The maximum atomic E-state index is 5.93. The van der Waals surface area contributed by atoms with E-state index in [1.54, 1.807) is 12.4 Å². The average Bonchev–Trinajstić information content (AvgIpc) is 2.53. The molecule has 5 heteroatoms. The van der Waals surface area contributed by atoms with Crippen molar-refractivity contribution in [2.75, 3.05) is 4.90 Å². The molecule has 1 aliphatic rings. The van der Waals surface area contributed by atoms with E-state index in [1.165, 1.54) is 5.56 Å². The Kier molecular flexibility index (Phi) is 3.01. The van der Waals surface area contributed by atoms with Crippen molar-refractivity contribution in [3.05, 3.63) is 59.4 Å². The standard InChI is InChI=1S/C18H16N4O/c1-11-9-12(2)16(13(3)10-11)22-17-14(5-4-7-19-17)23-15-6-8-20-21-18(15)22/h4-10H,1-3H3. The predicted molar refractivity (Wildman–Crippen MR) is 88.8 cm³/mol. The lowest BCUT2D eigenvalue weighted by Gasteiger charge is -2.32. The molecule has 1 aliphatic heterocycles. The first-order valence-electron chi connectivity index (χ1n) is 7.47. The molecule has 23 heavy (non-hydrogen) atoms. The molecule has 114 valence electrons. The molecule has 0 aliphatic carbocycles. The van der Waals surface area contributed by atoms with Crippen molar-refractivity contribution in [3.63, 3.8) is 0 Å². The first kappa shape index (κ1) is 13.7. The quantitative estimate of drug-likeness (QED) is 0.522. The Morgan fingerprint density at radius 3 is 2.43 bits per heavy atom. The molecule has 1 aromatic carbocycles. The Labute approximate surface area is 134 Å². The highest BCUT2D eigenvalue weighted by atomic mass is 16.5. The van der Waals surface area contributed by atoms with Gasteiger partial charge in [-0.3, -0.25) is 4.90 Å². The molecule has 0 spiro atoms. The SMILES string of the molecule is Cc1cc(C)c(N2c3ncccc3Oc3ccnnc32)c(C)c1. The van der Waals surface area contributed by atoms with Crippen molar-refractivity contribution in [3.8, 4) is 11.5 Å². The molecular formula is C18H16N4O. The molecule has 0 radical (unpaired) electrons. The fraction of sp³-hybridized carbons (Fsp3) is 0.167. The molecular weight excluding hydrogens is 288 g/mol. The van der Waals surface area contributed by atoms with Crippen LogP contribution in [0.4, 0.5) is 17.3 Å². The summed E-state index contributed by atoms with van der Waals surface area (Å²) >= 11 is 0. The minimum atomic E-state index is 0.661. The number of rotatable bonds is 1. The highest BCUT2D eigenvalue weighted by Crippen LogP contribution is 2.49. The lowest BCUT2D eigenvalue weighted by Crippen LogP contribution is -2.20. The number of pyridine rings is 1. The van der Waals surface area contributed by atoms with E-state index in [1.807, 2.05) is 23.1 Å². The second-order valence-electron chi connectivity index (χ2n) is 5.73. The minimum absolute atomic E-state index is 0.661. The number of anilines is 3. The molecule has 0 N–H and O–H groups in total. The average molecular weight is 304 g/mol. The third-order valence-corrected chi connectivity index (χ3v) is 3.92. The van der Waals surface area contributed by atoms with Crippen LogP contribution >= 0.6 is 0 Å². The second kappa shape index (κ2) is 5.05. The summed E-state index contributed by atoms with van der Waals surface area (Å²) in [6, 6.07) is 9.93. The fourth-order valence-electron chi connectivity index (χ4n) is 3.13. The van der Waals surface area contributed by atoms with Crippen LogP contribution in [0.15, 0.2) is 42.7 Å². The maximum Gasteiger partial charge on any atom is 0.204 e. The van der Waals surface area contributed by atoms with Crippen molar-refractivity contribution in [2.45, 2.75) is 20.8 Å². The Balaban J connectivity index is 2.02. The van der Waals surface area contributed by atoms with Crippen molar-refractivity contribution >= 4 is 17.3 Å². The van der Waals surface area contributed by atoms with Crippen molar-refractivity contribution in [2.24, 2.45) is 0 Å². The predicted octanol–water partition coefficient (Wildman–Crippen LogP) is 4.37. The van der Waals surface area contributed by atoms with Gasteiger partial charge in [0, 0.05) is 12.3 Å². The zero-order chi connectivity index (χ0) is 16.0. The van der Waals surface area contributed by atoms with Gasteiger partial charge < -0.3 is 4.74 Å². The number of ether oxygens (including phenoxy) is 1. The largest absolute Gasteiger partial charge is 0.449 e. The van der Waals surface area contributed by atoms with Gasteiger partial charge in [0.25, 0.3) is 0 Å². The van der Waals surface area contributed by atoms with Crippen LogP contribution in [0.25, 0.3) is 0 Å². The summed E-state index contributed by atoms with van der Waals surface area (Å²) in [4.78, 5) is 6.55. The van der Waals surface area contributed by atoms with E-state index in [0.717, 1.165) is 22.6 Å². The Morgan fingerprint density at radius 2 is 1.65 bits per heavy atom. The van der Waals surface area contributed by atoms with E-state index in [4.69, 9.17) is 4.74 Å². The van der Waals surface area contributed by atoms with Crippen molar-refractivity contribution in [1.29, 1.82) is 0 Å². The van der Waals surface area contributed by atoms with Gasteiger partial charge in [0.1, 0.15) is 0 Å². The van der Waals surface area contributed by atoms with Crippen LogP contribution in [0, 0.1) is 20.8 Å². The summed E-state index contributed by atoms with van der Waals surface area (Å²) in [5, 5.41) is 8.32. The smallest absolute Gasteiger partial charge is 0.204 e. The fourth-order valence-corrected chi connectivity index (χ4v) is 3.13. The maximum absolute atomic E-state index is 5.93. The zero-order valence-electron chi connectivity index (χ0n) is 13.2. The molecule has 0 unspecified atom stereocenters. The Bertz CT molecular complexity index is 839. The van der Waals surface area contributed by atoms with Crippen LogP contribution in [0.2, 0.25) is 0 Å². The zero-order valence-corrected chi connectivity index (χ0v) is 13.2. The van der Waals surface area contributed by atoms with Gasteiger partial charge in [-0.25, -0.2) is 4.98 Å². The van der Waals surface area contributed by atoms with Gasteiger partial charge in [-0.15, -0.1) is 5.10 Å². The number of hydrogen-bond acceptors (Lipinski definition) is 5. The minimum Gasteiger partial charge on any atom is -0.449 e. The number of aryl methyl sites for hydroxylation is 3. The molecule has 0 fully saturated rings. The third kappa shape index (κ3) is 2.12. The monoisotopic (exact) mass is 304 g/mol. The van der Waals surface area contributed by atoms with Crippen LogP contribution in [-0.2, 0) is 0 Å². The van der Waals surface area contributed by atoms with Gasteiger partial charge >= 0.3 is 0 Å². The molecule has 0 saturated heterocycles. The number of hydrogen-bond donors (Lipinski definition) is 0. The van der Waals surface area contributed by atoms with E-state index in [2.05, 4.69) is 48.1 Å². The summed E-state index contributed by atoms with van der Waals surface area (Å²) in [7, 11) is 0. The second-order valence-corrected chi connectivity index (χ2v) is 5.73. The summed E-state index contributed by atoms with van der Waals surface area (Å²) in [5.41, 5.74) is 4.63. The lowest BCUT2D eigenvalue weighted by atomic mass is 10.0. The molecule has 0 amide bonds. The summed E-state index contributed by atoms with van der Waals surface area (Å²) in [6.07, 6.45) is 3.39. The van der Waals surface area contributed by atoms with E-state index in [-0.39, 0.29) is 0 Å². The topological polar surface area (TPSA) is 51.1 Å². The molecule has 4 rings (SSSR count). The van der Waals surface area contributed by atoms with E-state index >= 15 is 0 Å². The Hall–Kier alpha value is -2.95. The number of nitrogens with zero attached hydrogens (tertiary/aromatic N) is 4. The Morgan fingerprint density at radius 1 is 0.913 bits per heavy atom. The molecule has 0 atom stereocenters. The molecule has 0 saturated carbocycles. The van der Waals surface area contributed by atoms with Gasteiger partial charge in [-0.2, -0.15) is 5.10 Å². The van der Waals surface area contributed by atoms with Gasteiger partial charge in [0.05, 0.1) is 11.9 Å². The van der Waals surface area contributed by atoms with E-state index in [0.29, 0.717) is 17.3 Å². The number of benzene rings is 1. The van der Waals surface area contributed by atoms with E-state index in [9.17, 15) is 0 Å². The van der Waals surface area contributed by atoms with Gasteiger partial charge in [0.2, 0.25) is 5.82 Å². The third-order valence-electron chi connectivity index (χ3n) is 3.92. The van der Waals surface area contributed by atoms with Crippen molar-refractivity contribution in [1.82, 2.24) is 15.2 Å². The first-order valence-corrected chi connectivity index (χ1v) is 7.47. The van der Waals surface area contributed by atoms with Crippen LogP contribution in [0.3, 0.4) is 0 Å². The molecule has 5 nitrogen and oxygen atoms in total. The van der Waals surface area contributed by atoms with Crippen LogP contribution < -0.4 is 9.64 Å². The van der Waals surface area contributed by atoms with Crippen LogP contribution in [0.1, 0.15) is 16.7 Å². The van der Waals surface area contributed by atoms with Crippen LogP contribution in [0.5, 0.6) is 11.5 Å². The lowest BCUT2D eigenvalue weighted by molar-refractivity contribution is 0.469. The van der Waals surface area contributed by atoms with Crippen molar-refractivity contribution < 1.29 is 4.74 Å². The van der Waals surface area contributed by atoms with Gasteiger partial charge in [-0.05, 0) is 44.0 Å². The summed E-state index contributed by atoms with van der Waals surface area (Å²) in [6.45, 7) is 6.30. The van der Waals surface area contributed by atoms with Crippen LogP contribution in [-0.4, -0.2) is 15.2 Å².